The summed E-state index contributed by atoms with van der Waals surface area (Å²) in [6.45, 7) is -1.70. The predicted octanol–water partition coefficient (Wildman–Crippen LogP) is 6.04. The molecule has 2 aromatic carbocycles. The third-order valence-corrected chi connectivity index (χ3v) is 7.38. The van der Waals surface area contributed by atoms with E-state index in [1.807, 2.05) is 6.07 Å². The number of hydrogen-bond acceptors (Lipinski definition) is 6. The average molecular weight is 521 g/mol. The highest BCUT2D eigenvalue weighted by Gasteiger charge is 2.34. The molecule has 1 atom stereocenters. The van der Waals surface area contributed by atoms with Gasteiger partial charge in [0.2, 0.25) is 5.91 Å². The van der Waals surface area contributed by atoms with Crippen LogP contribution in [0.25, 0.3) is 11.3 Å². The molecule has 1 N–H and O–H groups in total. The van der Waals surface area contributed by atoms with Crippen LogP contribution < -0.4 is 10.1 Å². The zero-order chi connectivity index (χ0) is 27.4. The zero-order valence-electron chi connectivity index (χ0n) is 22.4. The third-order valence-electron chi connectivity index (χ3n) is 6.33. The highest BCUT2D eigenvalue weighted by molar-refractivity contribution is 8.15. The van der Waals surface area contributed by atoms with Gasteiger partial charge in [-0.2, -0.15) is 0 Å². The van der Waals surface area contributed by atoms with Crippen LogP contribution in [0.5, 0.6) is 5.75 Å². The number of ether oxygens (including phenoxy) is 1. The van der Waals surface area contributed by atoms with Gasteiger partial charge in [-0.05, 0) is 56.0 Å². The van der Waals surface area contributed by atoms with Crippen molar-refractivity contribution in [3.63, 3.8) is 0 Å². The summed E-state index contributed by atoms with van der Waals surface area (Å²) in [5.41, 5.74) is 1.57. The second-order valence-corrected chi connectivity index (χ2v) is 10.3. The summed E-state index contributed by atoms with van der Waals surface area (Å²) < 4.78 is 29.5. The van der Waals surface area contributed by atoms with Gasteiger partial charge in [0, 0.05) is 29.2 Å². The molecule has 0 bridgehead atoms. The largest absolute Gasteiger partial charge is 0.493 e. The number of thioether (sulfide) groups is 1. The van der Waals surface area contributed by atoms with Crippen molar-refractivity contribution in [2.24, 2.45) is 0 Å². The second-order valence-electron chi connectivity index (χ2n) is 9.15. The molecule has 3 aromatic rings. The quantitative estimate of drug-likeness (QED) is 0.293. The average Bonchev–Trinajstić information content (AvgIpc) is 3.47. The van der Waals surface area contributed by atoms with Gasteiger partial charge < -0.3 is 14.1 Å². The topological polar surface area (TPSA) is 88.9 Å². The van der Waals surface area contributed by atoms with Crippen molar-refractivity contribution in [3.05, 3.63) is 78.1 Å². The molecular formula is C29H30N2O5S. The minimum absolute atomic E-state index is 0.178. The number of nitrogens with zero attached hydrogens (tertiary/aromatic N) is 1. The molecule has 1 aliphatic carbocycles. The molecule has 1 aromatic heterocycles. The van der Waals surface area contributed by atoms with Gasteiger partial charge in [0.1, 0.15) is 11.5 Å². The van der Waals surface area contributed by atoms with E-state index in [9.17, 15) is 14.4 Å². The molecule has 37 heavy (non-hydrogen) atoms. The van der Waals surface area contributed by atoms with E-state index >= 15 is 0 Å². The lowest BCUT2D eigenvalue weighted by atomic mass is 10.1. The van der Waals surface area contributed by atoms with E-state index in [-0.39, 0.29) is 28.3 Å². The van der Waals surface area contributed by atoms with E-state index in [1.54, 1.807) is 60.9 Å². The lowest BCUT2D eigenvalue weighted by Crippen LogP contribution is -2.32. The number of unbranched alkanes of at least 4 members (excludes halogenated alkanes) is 2. The SMILES string of the molecule is [2H]C([2H])(c1ccccc1OCCCCCC1SC(=O)NC1=O)N(C(=O)c1ccc(-c2ccco2)cc1)C1CC1. The van der Waals surface area contributed by atoms with Gasteiger partial charge in [-0.25, -0.2) is 0 Å². The Morgan fingerprint density at radius 2 is 1.86 bits per heavy atom. The fraction of sp³-hybridized carbons (Fsp3) is 0.345. The van der Waals surface area contributed by atoms with Gasteiger partial charge in [0.25, 0.3) is 11.1 Å². The number of amides is 3. The van der Waals surface area contributed by atoms with Crippen molar-refractivity contribution >= 4 is 28.8 Å². The van der Waals surface area contributed by atoms with Crippen molar-refractivity contribution in [1.82, 2.24) is 10.2 Å². The maximum atomic E-state index is 13.6. The molecule has 1 aliphatic heterocycles. The molecule has 2 heterocycles. The molecule has 1 unspecified atom stereocenters. The standard InChI is InChI=1S/C29H30N2O5S/c32-27-26(37-29(34)30-27)10-2-1-5-17-35-25-8-4-3-7-22(25)19-31(23-15-16-23)28(33)21-13-11-20(12-14-21)24-9-6-18-36-24/h3-4,6-9,11-14,18,23,26H,1-2,5,10,15-17,19H2,(H,30,32,34)/i19D2. The zero-order valence-corrected chi connectivity index (χ0v) is 21.2. The molecule has 0 radical (unpaired) electrons. The summed E-state index contributed by atoms with van der Waals surface area (Å²) in [6, 6.07) is 17.4. The van der Waals surface area contributed by atoms with Gasteiger partial charge in [-0.1, -0.05) is 54.9 Å². The third kappa shape index (κ3) is 6.43. The Morgan fingerprint density at radius 3 is 2.57 bits per heavy atom. The van der Waals surface area contributed by atoms with E-state index in [0.717, 1.165) is 49.4 Å². The van der Waals surface area contributed by atoms with Crippen LogP contribution in [0.2, 0.25) is 0 Å². The number of imide groups is 1. The van der Waals surface area contributed by atoms with Gasteiger partial charge >= 0.3 is 0 Å². The lowest BCUT2D eigenvalue weighted by molar-refractivity contribution is -0.119. The Hall–Kier alpha value is -3.52. The Bertz CT molecular complexity index is 1330. The van der Waals surface area contributed by atoms with Gasteiger partial charge in [-0.3, -0.25) is 19.7 Å². The first-order chi connectivity index (χ1) is 18.8. The second kappa shape index (κ2) is 11.7. The molecule has 192 valence electrons. The Balaban J connectivity index is 1.23. The smallest absolute Gasteiger partial charge is 0.286 e. The van der Waals surface area contributed by atoms with E-state index in [0.29, 0.717) is 35.7 Å². The van der Waals surface area contributed by atoms with Crippen LogP contribution in [0.3, 0.4) is 0 Å². The molecule has 0 spiro atoms. The first kappa shape index (κ1) is 22.7. The van der Waals surface area contributed by atoms with Crippen molar-refractivity contribution in [1.29, 1.82) is 0 Å². The minimum Gasteiger partial charge on any atom is -0.493 e. The molecule has 1 saturated carbocycles. The Morgan fingerprint density at radius 1 is 1.05 bits per heavy atom. The van der Waals surface area contributed by atoms with E-state index in [1.165, 1.54) is 4.90 Å². The molecular weight excluding hydrogens is 488 g/mol. The molecule has 5 rings (SSSR count). The molecule has 7 nitrogen and oxygen atoms in total. The molecule has 3 amide bonds. The summed E-state index contributed by atoms with van der Waals surface area (Å²) in [5.74, 6) is 0.522. The lowest BCUT2D eigenvalue weighted by Gasteiger charge is -2.24. The molecule has 1 saturated heterocycles. The molecule has 2 aliphatic rings. The number of benzene rings is 2. The van der Waals surface area contributed by atoms with Gasteiger partial charge in [0.05, 0.1) is 20.9 Å². The van der Waals surface area contributed by atoms with Crippen LogP contribution in [0, 0.1) is 0 Å². The fourth-order valence-corrected chi connectivity index (χ4v) is 5.06. The summed E-state index contributed by atoms with van der Waals surface area (Å²) in [4.78, 5) is 37.9. The van der Waals surface area contributed by atoms with Crippen molar-refractivity contribution in [2.75, 3.05) is 6.61 Å². The van der Waals surface area contributed by atoms with Crippen LogP contribution in [0.4, 0.5) is 4.79 Å². The van der Waals surface area contributed by atoms with E-state index in [2.05, 4.69) is 5.32 Å². The highest BCUT2D eigenvalue weighted by atomic mass is 32.2. The Labute approximate surface area is 223 Å². The first-order valence-corrected chi connectivity index (χ1v) is 13.4. The van der Waals surface area contributed by atoms with Crippen LogP contribution in [-0.4, -0.2) is 39.9 Å². The molecule has 2 fully saturated rings. The minimum atomic E-state index is -2.08. The number of hydrogen-bond donors (Lipinski definition) is 1. The molecule has 8 heteroatoms. The van der Waals surface area contributed by atoms with Gasteiger partial charge in [0.15, 0.2) is 0 Å². The maximum Gasteiger partial charge on any atom is 0.286 e. The number of carbonyl (C=O) groups is 3. The number of rotatable bonds is 12. The number of nitrogens with one attached hydrogen (secondary N) is 1. The monoisotopic (exact) mass is 520 g/mol. The number of para-hydroxylation sites is 1. The maximum absolute atomic E-state index is 13.6. The number of carbonyl (C=O) groups excluding carboxylic acids is 3. The van der Waals surface area contributed by atoms with Crippen molar-refractivity contribution in [2.45, 2.75) is 56.3 Å². The van der Waals surface area contributed by atoms with E-state index in [4.69, 9.17) is 11.9 Å². The van der Waals surface area contributed by atoms with Crippen molar-refractivity contribution < 1.29 is 26.3 Å². The summed E-state index contributed by atoms with van der Waals surface area (Å²) >= 11 is 1.04. The van der Waals surface area contributed by atoms with Crippen molar-refractivity contribution in [3.8, 4) is 17.1 Å². The summed E-state index contributed by atoms with van der Waals surface area (Å²) in [6.07, 6.45) is 6.04. The predicted molar refractivity (Wildman–Crippen MR) is 142 cm³/mol. The van der Waals surface area contributed by atoms with E-state index < -0.39 is 6.50 Å². The van der Waals surface area contributed by atoms with Gasteiger partial charge in [-0.15, -0.1) is 0 Å². The fourth-order valence-electron chi connectivity index (χ4n) is 4.19. The normalized spacial score (nSPS) is 18.2. The Kier molecular flexibility index (Phi) is 7.16. The summed E-state index contributed by atoms with van der Waals surface area (Å²) in [5, 5.41) is 1.69. The first-order valence-electron chi connectivity index (χ1n) is 13.6. The number of furan rings is 1. The van der Waals surface area contributed by atoms with Crippen LogP contribution in [0.15, 0.2) is 71.3 Å². The summed E-state index contributed by atoms with van der Waals surface area (Å²) in [7, 11) is 0. The van der Waals surface area contributed by atoms with Crippen LogP contribution in [-0.2, 0) is 11.3 Å². The van der Waals surface area contributed by atoms with Crippen LogP contribution in [0.1, 0.15) is 57.2 Å². The highest BCUT2D eigenvalue weighted by Crippen LogP contribution is 2.32. The van der Waals surface area contributed by atoms with Crippen LogP contribution >= 0.6 is 11.8 Å².